The molecular weight excluding hydrogens is 422 g/mol. The van der Waals surface area contributed by atoms with Crippen LogP contribution < -0.4 is 5.32 Å². The van der Waals surface area contributed by atoms with Crippen LogP contribution in [0.4, 0.5) is 0 Å². The predicted octanol–water partition coefficient (Wildman–Crippen LogP) is -0.230. The van der Waals surface area contributed by atoms with Gasteiger partial charge in [0.2, 0.25) is 5.91 Å². The summed E-state index contributed by atoms with van der Waals surface area (Å²) in [6, 6.07) is 0. The van der Waals surface area contributed by atoms with Crippen LogP contribution in [0, 0.1) is 0 Å². The molecule has 0 aromatic rings. The molecule has 0 rings (SSSR count). The molecule has 0 heterocycles. The highest BCUT2D eigenvalue weighted by molar-refractivity contribution is 7.70. The van der Waals surface area contributed by atoms with Crippen LogP contribution in [0.3, 0.4) is 0 Å². The Bertz CT molecular complexity index is 543. The summed E-state index contributed by atoms with van der Waals surface area (Å²) in [5.41, 5.74) is 0. The van der Waals surface area contributed by atoms with Gasteiger partial charge in [-0.3, -0.25) is 18.8 Å². The summed E-state index contributed by atoms with van der Waals surface area (Å²) < 4.78 is 22.5. The van der Waals surface area contributed by atoms with Crippen molar-refractivity contribution in [3.05, 3.63) is 0 Å². The lowest BCUT2D eigenvalue weighted by atomic mass is 10.3. The van der Waals surface area contributed by atoms with Crippen LogP contribution in [0.25, 0.3) is 0 Å². The maximum atomic E-state index is 12.1. The molecular formula is C16H38N4O7P2. The van der Waals surface area contributed by atoms with E-state index in [9.17, 15) is 13.9 Å². The molecule has 174 valence electrons. The van der Waals surface area contributed by atoms with Crippen LogP contribution in [0.2, 0.25) is 0 Å². The van der Waals surface area contributed by atoms with Crippen molar-refractivity contribution < 1.29 is 33.5 Å². The van der Waals surface area contributed by atoms with E-state index in [0.29, 0.717) is 13.1 Å². The third-order valence-electron chi connectivity index (χ3n) is 4.88. The minimum absolute atomic E-state index is 0.0147. The lowest BCUT2D eigenvalue weighted by molar-refractivity contribution is -0.122. The number of carbonyl (C=O) groups is 1. The maximum absolute atomic E-state index is 12.1. The summed E-state index contributed by atoms with van der Waals surface area (Å²) in [5.74, 6) is -0.537. The standard InChI is InChI=1S/C16H38N4O7P2/c1-5-18(6-2)9-10-19(7-3)11-12-20(8-4)14-15(21)17-13-16(28(22,23)24)29(25,26)27/h16H,5-14H2,1-4H3,(H,17,21)(H2,22,23,24)(H2,25,26,27). The van der Waals surface area contributed by atoms with Crippen LogP contribution in [0.5, 0.6) is 0 Å². The van der Waals surface area contributed by atoms with Gasteiger partial charge in [0.25, 0.3) is 0 Å². The van der Waals surface area contributed by atoms with Crippen LogP contribution in [-0.2, 0) is 13.9 Å². The first-order chi connectivity index (χ1) is 13.4. The molecule has 0 saturated heterocycles. The van der Waals surface area contributed by atoms with E-state index in [1.165, 1.54) is 0 Å². The van der Waals surface area contributed by atoms with Gasteiger partial charge in [-0.1, -0.05) is 27.7 Å². The first kappa shape index (κ1) is 28.6. The van der Waals surface area contributed by atoms with Crippen molar-refractivity contribution in [3.63, 3.8) is 0 Å². The van der Waals surface area contributed by atoms with Gasteiger partial charge in [0.05, 0.1) is 6.54 Å². The molecule has 0 unspecified atom stereocenters. The van der Waals surface area contributed by atoms with E-state index < -0.39 is 33.0 Å². The SMILES string of the molecule is CCN(CC)CCN(CC)CCN(CC)CC(=O)NCC(P(=O)(O)O)P(=O)(O)O. The molecule has 0 aliphatic carbocycles. The molecule has 0 aromatic heterocycles. The highest BCUT2D eigenvalue weighted by atomic mass is 31.2. The highest BCUT2D eigenvalue weighted by Gasteiger charge is 2.43. The molecule has 0 radical (unpaired) electrons. The molecule has 0 atom stereocenters. The smallest absolute Gasteiger partial charge is 0.342 e. The van der Waals surface area contributed by atoms with E-state index in [2.05, 4.69) is 35.9 Å². The molecule has 1 amide bonds. The highest BCUT2D eigenvalue weighted by Crippen LogP contribution is 2.59. The summed E-state index contributed by atoms with van der Waals surface area (Å²) in [4.78, 5) is 55.0. The molecule has 0 spiro atoms. The number of rotatable bonds is 16. The third-order valence-corrected chi connectivity index (χ3v) is 8.60. The molecule has 0 fully saturated rings. The molecule has 0 aliphatic heterocycles. The average Bonchev–Trinajstić information content (AvgIpc) is 2.61. The van der Waals surface area contributed by atoms with E-state index in [1.807, 2.05) is 11.8 Å². The first-order valence-electron chi connectivity index (χ1n) is 9.93. The quantitative estimate of drug-likeness (QED) is 0.195. The van der Waals surface area contributed by atoms with Crippen molar-refractivity contribution in [2.75, 3.05) is 65.4 Å². The van der Waals surface area contributed by atoms with Gasteiger partial charge in [-0.15, -0.1) is 0 Å². The van der Waals surface area contributed by atoms with Crippen LogP contribution in [0.1, 0.15) is 27.7 Å². The zero-order valence-electron chi connectivity index (χ0n) is 17.9. The Kier molecular flexibility index (Phi) is 13.7. The number of carbonyl (C=O) groups excluding carboxylic acids is 1. The van der Waals surface area contributed by atoms with E-state index in [4.69, 9.17) is 19.6 Å². The second-order valence-electron chi connectivity index (χ2n) is 6.79. The fraction of sp³-hybridized carbons (Fsp3) is 0.938. The zero-order valence-corrected chi connectivity index (χ0v) is 19.7. The van der Waals surface area contributed by atoms with E-state index in [1.54, 1.807) is 0 Å². The molecule has 11 nitrogen and oxygen atoms in total. The molecule has 29 heavy (non-hydrogen) atoms. The molecule has 0 saturated carbocycles. The number of amides is 1. The van der Waals surface area contributed by atoms with Crippen molar-refractivity contribution in [2.45, 2.75) is 33.1 Å². The minimum atomic E-state index is -5.05. The topological polar surface area (TPSA) is 154 Å². The number of nitrogens with one attached hydrogen (secondary N) is 1. The van der Waals surface area contributed by atoms with Gasteiger partial charge < -0.3 is 34.7 Å². The lowest BCUT2D eigenvalue weighted by Crippen LogP contribution is -2.44. The Labute approximate surface area is 173 Å². The van der Waals surface area contributed by atoms with Crippen LogP contribution in [0.15, 0.2) is 0 Å². The first-order valence-corrected chi connectivity index (χ1v) is 13.3. The summed E-state index contributed by atoms with van der Waals surface area (Å²) in [6.45, 7) is 14.2. The van der Waals surface area contributed by atoms with Crippen LogP contribution in [-0.4, -0.2) is 111 Å². The molecule has 5 N–H and O–H groups in total. The van der Waals surface area contributed by atoms with E-state index in [0.717, 1.165) is 39.3 Å². The minimum Gasteiger partial charge on any atom is -0.353 e. The number of likely N-dealkylation sites (N-methyl/N-ethyl adjacent to an activating group) is 3. The second-order valence-corrected chi connectivity index (χ2v) is 10.8. The second kappa shape index (κ2) is 13.9. The third kappa shape index (κ3) is 12.2. The Hall–Kier alpha value is -0.350. The Balaban J connectivity index is 4.57. The summed E-state index contributed by atoms with van der Waals surface area (Å²) in [6.07, 6.45) is 0. The Morgan fingerprint density at radius 2 is 1.14 bits per heavy atom. The van der Waals surface area contributed by atoms with Gasteiger partial charge in [-0.05, 0) is 26.2 Å². The van der Waals surface area contributed by atoms with E-state index in [-0.39, 0.29) is 6.54 Å². The number of hydrogen-bond acceptors (Lipinski definition) is 6. The fourth-order valence-corrected chi connectivity index (χ4v) is 5.01. The van der Waals surface area contributed by atoms with Crippen molar-refractivity contribution in [3.8, 4) is 0 Å². The predicted molar refractivity (Wildman–Crippen MR) is 113 cm³/mol. The Morgan fingerprint density at radius 1 is 0.759 bits per heavy atom. The fourth-order valence-electron chi connectivity index (χ4n) is 2.78. The normalized spacial score (nSPS) is 13.1. The van der Waals surface area contributed by atoms with Gasteiger partial charge in [0.1, 0.15) is 0 Å². The Morgan fingerprint density at radius 3 is 1.52 bits per heavy atom. The van der Waals surface area contributed by atoms with Crippen molar-refractivity contribution in [2.24, 2.45) is 0 Å². The largest absolute Gasteiger partial charge is 0.353 e. The summed E-state index contributed by atoms with van der Waals surface area (Å²) in [5, 5.41) is 0.000471. The molecule has 0 bridgehead atoms. The number of nitrogens with zero attached hydrogens (tertiary/aromatic N) is 3. The maximum Gasteiger partial charge on any atom is 0.342 e. The van der Waals surface area contributed by atoms with Gasteiger partial charge in [-0.2, -0.15) is 0 Å². The van der Waals surface area contributed by atoms with Gasteiger partial charge >= 0.3 is 15.2 Å². The number of hydrogen-bond donors (Lipinski definition) is 5. The lowest BCUT2D eigenvalue weighted by Gasteiger charge is -2.28. The van der Waals surface area contributed by atoms with Gasteiger partial charge in [-0.25, -0.2) is 0 Å². The monoisotopic (exact) mass is 460 g/mol. The van der Waals surface area contributed by atoms with Gasteiger partial charge in [0, 0.05) is 32.7 Å². The van der Waals surface area contributed by atoms with E-state index >= 15 is 0 Å². The molecule has 13 heteroatoms. The van der Waals surface area contributed by atoms with Crippen LogP contribution >= 0.6 is 15.2 Å². The molecule has 0 aromatic carbocycles. The van der Waals surface area contributed by atoms with Crippen molar-refractivity contribution >= 4 is 21.1 Å². The molecule has 0 aliphatic rings. The van der Waals surface area contributed by atoms with Crippen molar-refractivity contribution in [1.82, 2.24) is 20.0 Å². The summed E-state index contributed by atoms with van der Waals surface area (Å²) in [7, 11) is -10.1. The summed E-state index contributed by atoms with van der Waals surface area (Å²) >= 11 is 0. The van der Waals surface area contributed by atoms with Gasteiger partial charge in [0.15, 0.2) is 5.40 Å². The zero-order chi connectivity index (χ0) is 22.7. The average molecular weight is 460 g/mol. The van der Waals surface area contributed by atoms with Crippen molar-refractivity contribution in [1.29, 1.82) is 0 Å².